The van der Waals surface area contributed by atoms with Crippen LogP contribution in [0.1, 0.15) is 24.2 Å². The molecule has 4 heteroatoms. The fraction of sp³-hybridized carbons (Fsp3) is 0.176. The molecule has 2 heterocycles. The maximum absolute atomic E-state index is 14.1. The molecule has 0 fully saturated rings. The summed E-state index contributed by atoms with van der Waals surface area (Å²) in [6, 6.07) is 10.7. The molecule has 1 N–H and O–H groups in total. The van der Waals surface area contributed by atoms with Gasteiger partial charge in [-0.2, -0.15) is 0 Å². The normalized spacial score (nSPS) is 12.5. The Hall–Kier alpha value is -2.33. The lowest BCUT2D eigenvalue weighted by Crippen LogP contribution is -2.24. The first kappa shape index (κ1) is 13.6. The Morgan fingerprint density at radius 3 is 2.81 bits per heavy atom. The number of rotatable bonds is 4. The first-order valence-corrected chi connectivity index (χ1v) is 6.97. The van der Waals surface area contributed by atoms with Gasteiger partial charge in [0.25, 0.3) is 0 Å². The number of nitrogens with one attached hydrogen (secondary N) is 1. The number of aromatic nitrogens is 2. The highest BCUT2D eigenvalue weighted by atomic mass is 19.1. The molecule has 0 saturated carbocycles. The summed E-state index contributed by atoms with van der Waals surface area (Å²) in [4.78, 5) is 8.50. The molecule has 0 radical (unpaired) electrons. The van der Waals surface area contributed by atoms with Crippen molar-refractivity contribution in [3.63, 3.8) is 0 Å². The smallest absolute Gasteiger partial charge is 0.146 e. The van der Waals surface area contributed by atoms with Crippen molar-refractivity contribution in [1.82, 2.24) is 15.3 Å². The van der Waals surface area contributed by atoms with Crippen LogP contribution < -0.4 is 5.32 Å². The quantitative estimate of drug-likeness (QED) is 0.795. The molecule has 3 rings (SSSR count). The number of halogens is 1. The summed E-state index contributed by atoms with van der Waals surface area (Å²) >= 11 is 0. The monoisotopic (exact) mass is 281 g/mol. The van der Waals surface area contributed by atoms with Gasteiger partial charge < -0.3 is 5.32 Å². The molecule has 1 unspecified atom stereocenters. The number of hydrogen-bond acceptors (Lipinski definition) is 3. The topological polar surface area (TPSA) is 37.8 Å². The third-order valence-corrected chi connectivity index (χ3v) is 3.48. The number of fused-ring (bicyclic) bond motifs is 1. The maximum Gasteiger partial charge on any atom is 0.146 e. The van der Waals surface area contributed by atoms with E-state index in [9.17, 15) is 4.39 Å². The van der Waals surface area contributed by atoms with Crippen LogP contribution in [-0.4, -0.2) is 16.5 Å². The van der Waals surface area contributed by atoms with Gasteiger partial charge in [0.05, 0.1) is 11.7 Å². The van der Waals surface area contributed by atoms with E-state index in [2.05, 4.69) is 15.3 Å². The predicted octanol–water partition coefficient (Wildman–Crippen LogP) is 3.47. The minimum Gasteiger partial charge on any atom is -0.305 e. The van der Waals surface area contributed by atoms with Crippen LogP contribution in [0.5, 0.6) is 0 Å². The largest absolute Gasteiger partial charge is 0.305 e. The third-order valence-electron chi connectivity index (χ3n) is 3.48. The van der Waals surface area contributed by atoms with Gasteiger partial charge in [-0.3, -0.25) is 9.97 Å². The fourth-order valence-corrected chi connectivity index (χ4v) is 2.54. The molecule has 0 amide bonds. The van der Waals surface area contributed by atoms with E-state index in [-0.39, 0.29) is 11.9 Å². The molecule has 21 heavy (non-hydrogen) atoms. The summed E-state index contributed by atoms with van der Waals surface area (Å²) in [5, 5.41) is 5.40. The molecule has 0 aliphatic heterocycles. The molecule has 0 bridgehead atoms. The van der Waals surface area contributed by atoms with E-state index in [0.29, 0.717) is 12.2 Å². The van der Waals surface area contributed by atoms with Gasteiger partial charge in [0.2, 0.25) is 0 Å². The molecule has 2 aromatic heterocycles. The van der Waals surface area contributed by atoms with Crippen molar-refractivity contribution in [3.05, 3.63) is 72.1 Å². The van der Waals surface area contributed by atoms with Gasteiger partial charge >= 0.3 is 0 Å². The molecule has 1 atom stereocenters. The van der Waals surface area contributed by atoms with Crippen molar-refractivity contribution < 1.29 is 4.39 Å². The Morgan fingerprint density at radius 1 is 1.14 bits per heavy atom. The number of benzene rings is 1. The van der Waals surface area contributed by atoms with Gasteiger partial charge in [0.15, 0.2) is 0 Å². The highest BCUT2D eigenvalue weighted by molar-refractivity contribution is 5.85. The fourth-order valence-electron chi connectivity index (χ4n) is 2.54. The number of pyridine rings is 2. The molecular weight excluding hydrogens is 265 g/mol. The minimum atomic E-state index is -0.310. The summed E-state index contributed by atoms with van der Waals surface area (Å²) < 4.78 is 14.1. The Bertz CT molecular complexity index is 752. The second-order valence-corrected chi connectivity index (χ2v) is 4.81. The van der Waals surface area contributed by atoms with Gasteiger partial charge in [0, 0.05) is 29.5 Å². The van der Waals surface area contributed by atoms with Crippen molar-refractivity contribution in [3.8, 4) is 0 Å². The highest BCUT2D eigenvalue weighted by Gasteiger charge is 2.20. The zero-order chi connectivity index (χ0) is 14.7. The lowest BCUT2D eigenvalue weighted by atomic mass is 9.98. The maximum atomic E-state index is 14.1. The second-order valence-electron chi connectivity index (χ2n) is 4.81. The Balaban J connectivity index is 2.19. The van der Waals surface area contributed by atoms with Crippen LogP contribution in [0, 0.1) is 5.82 Å². The summed E-state index contributed by atoms with van der Waals surface area (Å²) in [7, 11) is 0. The SMILES string of the molecule is CCNC(c1ncccc1F)c1cncc2ccccc12. The summed E-state index contributed by atoms with van der Waals surface area (Å²) in [6.45, 7) is 2.70. The Morgan fingerprint density at radius 2 is 2.00 bits per heavy atom. The molecule has 3 nitrogen and oxygen atoms in total. The van der Waals surface area contributed by atoms with E-state index in [4.69, 9.17) is 0 Å². The number of hydrogen-bond donors (Lipinski definition) is 1. The van der Waals surface area contributed by atoms with Gasteiger partial charge in [0.1, 0.15) is 5.82 Å². The van der Waals surface area contributed by atoms with Crippen LogP contribution in [0.4, 0.5) is 4.39 Å². The first-order chi connectivity index (χ1) is 10.3. The van der Waals surface area contributed by atoms with Crippen molar-refractivity contribution >= 4 is 10.8 Å². The van der Waals surface area contributed by atoms with E-state index in [1.54, 1.807) is 18.5 Å². The van der Waals surface area contributed by atoms with E-state index in [1.165, 1.54) is 6.07 Å². The molecule has 1 aromatic carbocycles. The van der Waals surface area contributed by atoms with Crippen molar-refractivity contribution in [2.45, 2.75) is 13.0 Å². The molecule has 0 spiro atoms. The highest BCUT2D eigenvalue weighted by Crippen LogP contribution is 2.28. The van der Waals surface area contributed by atoms with Gasteiger partial charge in [-0.15, -0.1) is 0 Å². The summed E-state index contributed by atoms with van der Waals surface area (Å²) in [5.41, 5.74) is 1.34. The molecule has 0 aliphatic rings. The van der Waals surface area contributed by atoms with E-state index >= 15 is 0 Å². The molecule has 106 valence electrons. The van der Waals surface area contributed by atoms with Crippen molar-refractivity contribution in [1.29, 1.82) is 0 Å². The predicted molar refractivity (Wildman–Crippen MR) is 81.5 cm³/mol. The van der Waals surface area contributed by atoms with Crippen LogP contribution in [0.3, 0.4) is 0 Å². The lowest BCUT2D eigenvalue weighted by molar-refractivity contribution is 0.544. The number of nitrogens with zero attached hydrogens (tertiary/aromatic N) is 2. The van der Waals surface area contributed by atoms with Crippen LogP contribution in [0.15, 0.2) is 55.0 Å². The van der Waals surface area contributed by atoms with Crippen LogP contribution in [0.25, 0.3) is 10.8 Å². The van der Waals surface area contributed by atoms with Crippen LogP contribution in [-0.2, 0) is 0 Å². The van der Waals surface area contributed by atoms with Crippen molar-refractivity contribution in [2.24, 2.45) is 0 Å². The van der Waals surface area contributed by atoms with Crippen molar-refractivity contribution in [2.75, 3.05) is 6.54 Å². The molecule has 3 aromatic rings. The minimum absolute atomic E-state index is 0.309. The van der Waals surface area contributed by atoms with Gasteiger partial charge in [-0.1, -0.05) is 31.2 Å². The van der Waals surface area contributed by atoms with E-state index in [1.807, 2.05) is 37.4 Å². The second kappa shape index (κ2) is 5.97. The first-order valence-electron chi connectivity index (χ1n) is 6.97. The third kappa shape index (κ3) is 2.62. The summed E-state index contributed by atoms with van der Waals surface area (Å²) in [5.74, 6) is -0.309. The zero-order valence-corrected chi connectivity index (χ0v) is 11.8. The van der Waals surface area contributed by atoms with Crippen LogP contribution in [0.2, 0.25) is 0 Å². The molecular formula is C17H16FN3. The summed E-state index contributed by atoms with van der Waals surface area (Å²) in [6.07, 6.45) is 5.21. The van der Waals surface area contributed by atoms with Crippen LogP contribution >= 0.6 is 0 Å². The Kier molecular flexibility index (Phi) is 3.88. The van der Waals surface area contributed by atoms with E-state index in [0.717, 1.165) is 16.3 Å². The average Bonchev–Trinajstić information content (AvgIpc) is 2.53. The van der Waals surface area contributed by atoms with Gasteiger partial charge in [-0.25, -0.2) is 4.39 Å². The lowest BCUT2D eigenvalue weighted by Gasteiger charge is -2.19. The molecule has 0 aliphatic carbocycles. The molecule has 0 saturated heterocycles. The Labute approximate surface area is 122 Å². The average molecular weight is 281 g/mol. The zero-order valence-electron chi connectivity index (χ0n) is 11.8. The van der Waals surface area contributed by atoms with Gasteiger partial charge in [-0.05, 0) is 24.1 Å². The van der Waals surface area contributed by atoms with E-state index < -0.39 is 0 Å². The standard InChI is InChI=1S/C17H16FN3/c1-2-20-16(17-15(18)8-5-9-21-17)14-11-19-10-12-6-3-4-7-13(12)14/h3-11,16,20H,2H2,1H3.